The summed E-state index contributed by atoms with van der Waals surface area (Å²) in [5, 5.41) is 9.85. The number of rotatable bonds is 5. The van der Waals surface area contributed by atoms with Gasteiger partial charge < -0.3 is 23.9 Å². The predicted octanol–water partition coefficient (Wildman–Crippen LogP) is 4.25. The lowest BCUT2D eigenvalue weighted by Crippen LogP contribution is -1.96. The number of ether oxygens (including phenoxy) is 3. The van der Waals surface area contributed by atoms with Crippen molar-refractivity contribution in [1.82, 2.24) is 9.55 Å². The van der Waals surface area contributed by atoms with Crippen LogP contribution in [0.15, 0.2) is 41.1 Å². The normalized spacial score (nSPS) is 10.7. The highest BCUT2D eigenvalue weighted by molar-refractivity contribution is 9.10. The minimum atomic E-state index is 0.0840. The molecule has 0 bridgehead atoms. The molecular weight excluding hydrogens is 400 g/mol. The van der Waals surface area contributed by atoms with E-state index in [0.29, 0.717) is 17.2 Å². The lowest BCUT2D eigenvalue weighted by Gasteiger charge is -2.13. The van der Waals surface area contributed by atoms with Gasteiger partial charge in [0.1, 0.15) is 16.0 Å². The van der Waals surface area contributed by atoms with E-state index in [1.807, 2.05) is 23.7 Å². The van der Waals surface area contributed by atoms with Crippen molar-refractivity contribution in [1.29, 1.82) is 0 Å². The number of benzene rings is 2. The molecule has 136 valence electrons. The summed E-state index contributed by atoms with van der Waals surface area (Å²) in [6.45, 7) is 0. The van der Waals surface area contributed by atoms with E-state index >= 15 is 0 Å². The Morgan fingerprint density at radius 3 is 2.08 bits per heavy atom. The van der Waals surface area contributed by atoms with Crippen molar-refractivity contribution in [2.24, 2.45) is 7.05 Å². The van der Waals surface area contributed by atoms with E-state index in [0.717, 1.165) is 27.0 Å². The fraction of sp³-hybridized carbons (Fsp3) is 0.211. The monoisotopic (exact) mass is 418 g/mol. The van der Waals surface area contributed by atoms with Crippen LogP contribution < -0.4 is 14.2 Å². The van der Waals surface area contributed by atoms with Crippen LogP contribution in [0.4, 0.5) is 0 Å². The molecule has 3 aromatic rings. The second-order valence-corrected chi connectivity index (χ2v) is 6.43. The average molecular weight is 419 g/mol. The van der Waals surface area contributed by atoms with Crippen molar-refractivity contribution < 1.29 is 19.3 Å². The first kappa shape index (κ1) is 18.1. The van der Waals surface area contributed by atoms with Gasteiger partial charge in [-0.25, -0.2) is 4.98 Å². The molecule has 0 saturated carbocycles. The molecule has 26 heavy (non-hydrogen) atoms. The molecule has 0 atom stereocenters. The summed E-state index contributed by atoms with van der Waals surface area (Å²) in [7, 11) is 6.66. The van der Waals surface area contributed by atoms with E-state index in [-0.39, 0.29) is 5.75 Å². The Balaban J connectivity index is 2.21. The highest BCUT2D eigenvalue weighted by Crippen LogP contribution is 2.42. The number of phenols is 1. The Labute approximate surface area is 160 Å². The number of imidazole rings is 1. The molecule has 1 N–H and O–H groups in total. The topological polar surface area (TPSA) is 65.7 Å². The molecule has 2 aromatic carbocycles. The Morgan fingerprint density at radius 1 is 0.923 bits per heavy atom. The maximum Gasteiger partial charge on any atom is 0.161 e. The molecule has 1 heterocycles. The lowest BCUT2D eigenvalue weighted by atomic mass is 10.0. The van der Waals surface area contributed by atoms with E-state index < -0.39 is 0 Å². The summed E-state index contributed by atoms with van der Waals surface area (Å²) >= 11 is 3.49. The van der Waals surface area contributed by atoms with Gasteiger partial charge in [0.05, 0.1) is 39.0 Å². The van der Waals surface area contributed by atoms with Gasteiger partial charge >= 0.3 is 0 Å². The fourth-order valence-corrected chi connectivity index (χ4v) is 3.37. The zero-order valence-electron chi connectivity index (χ0n) is 14.9. The summed E-state index contributed by atoms with van der Waals surface area (Å²) in [5.41, 5.74) is 3.37. The third kappa shape index (κ3) is 3.10. The number of aromatic hydroxyl groups is 1. The molecule has 0 saturated heterocycles. The summed E-state index contributed by atoms with van der Waals surface area (Å²) < 4.78 is 18.8. The van der Waals surface area contributed by atoms with Gasteiger partial charge in [0.15, 0.2) is 11.5 Å². The first-order valence-corrected chi connectivity index (χ1v) is 8.60. The van der Waals surface area contributed by atoms with E-state index in [1.54, 1.807) is 38.7 Å². The Kier molecular flexibility index (Phi) is 5.08. The van der Waals surface area contributed by atoms with Gasteiger partial charge in [-0.2, -0.15) is 0 Å². The SMILES string of the molecule is COc1cc(-c2ncn(C)c2-c2cc(OC)c(Br)c(OC)c2)ccc1O. The van der Waals surface area contributed by atoms with Crippen LogP contribution >= 0.6 is 15.9 Å². The molecule has 0 amide bonds. The number of methoxy groups -OCH3 is 3. The van der Waals surface area contributed by atoms with Crippen LogP contribution in [0, 0.1) is 0 Å². The smallest absolute Gasteiger partial charge is 0.161 e. The molecule has 0 spiro atoms. The van der Waals surface area contributed by atoms with Gasteiger partial charge in [-0.15, -0.1) is 0 Å². The molecule has 0 aliphatic rings. The van der Waals surface area contributed by atoms with E-state index in [1.165, 1.54) is 7.11 Å². The first-order valence-electron chi connectivity index (χ1n) is 7.80. The Bertz CT molecular complexity index is 928. The quantitative estimate of drug-likeness (QED) is 0.670. The predicted molar refractivity (Wildman–Crippen MR) is 103 cm³/mol. The minimum absolute atomic E-state index is 0.0840. The lowest BCUT2D eigenvalue weighted by molar-refractivity contribution is 0.373. The fourth-order valence-electron chi connectivity index (χ4n) is 2.81. The first-order chi connectivity index (χ1) is 12.5. The van der Waals surface area contributed by atoms with Gasteiger partial charge in [0.25, 0.3) is 0 Å². The van der Waals surface area contributed by atoms with Crippen LogP contribution in [-0.2, 0) is 7.05 Å². The molecule has 3 rings (SSSR count). The van der Waals surface area contributed by atoms with Gasteiger partial charge in [-0.1, -0.05) is 0 Å². The number of phenolic OH excluding ortho intramolecular Hbond substituents is 1. The average Bonchev–Trinajstić information content (AvgIpc) is 3.04. The van der Waals surface area contributed by atoms with Crippen LogP contribution in [0.3, 0.4) is 0 Å². The van der Waals surface area contributed by atoms with Gasteiger partial charge in [0.2, 0.25) is 0 Å². The number of hydrogen-bond donors (Lipinski definition) is 1. The maximum absolute atomic E-state index is 9.85. The minimum Gasteiger partial charge on any atom is -0.504 e. The zero-order chi connectivity index (χ0) is 18.8. The number of nitrogens with zero attached hydrogens (tertiary/aromatic N) is 2. The summed E-state index contributed by atoms with van der Waals surface area (Å²) in [6.07, 6.45) is 1.74. The Hall–Kier alpha value is -2.67. The van der Waals surface area contributed by atoms with Crippen LogP contribution in [0.5, 0.6) is 23.0 Å². The molecule has 0 aliphatic carbocycles. The summed E-state index contributed by atoms with van der Waals surface area (Å²) in [5.74, 6) is 1.80. The largest absolute Gasteiger partial charge is 0.504 e. The third-order valence-corrected chi connectivity index (χ3v) is 4.89. The molecule has 6 nitrogen and oxygen atoms in total. The van der Waals surface area contributed by atoms with Crippen LogP contribution in [0.25, 0.3) is 22.5 Å². The molecular formula is C19H19BrN2O4. The van der Waals surface area contributed by atoms with E-state index in [9.17, 15) is 5.11 Å². The number of aromatic nitrogens is 2. The number of halogens is 1. The molecule has 0 unspecified atom stereocenters. The highest BCUT2D eigenvalue weighted by Gasteiger charge is 2.18. The zero-order valence-corrected chi connectivity index (χ0v) is 16.5. The van der Waals surface area contributed by atoms with Crippen molar-refractivity contribution >= 4 is 15.9 Å². The third-order valence-electron chi connectivity index (χ3n) is 4.11. The number of aryl methyl sites for hydroxylation is 1. The van der Waals surface area contributed by atoms with Gasteiger partial charge in [0, 0.05) is 18.2 Å². The second kappa shape index (κ2) is 7.29. The molecule has 0 aliphatic heterocycles. The van der Waals surface area contributed by atoms with Gasteiger partial charge in [-0.3, -0.25) is 0 Å². The van der Waals surface area contributed by atoms with Crippen molar-refractivity contribution in [3.63, 3.8) is 0 Å². The van der Waals surface area contributed by atoms with Crippen molar-refractivity contribution in [3.05, 3.63) is 41.1 Å². The van der Waals surface area contributed by atoms with Crippen molar-refractivity contribution in [2.45, 2.75) is 0 Å². The van der Waals surface area contributed by atoms with E-state index in [4.69, 9.17) is 14.2 Å². The van der Waals surface area contributed by atoms with Crippen molar-refractivity contribution in [2.75, 3.05) is 21.3 Å². The summed E-state index contributed by atoms with van der Waals surface area (Å²) in [6, 6.07) is 9.00. The summed E-state index contributed by atoms with van der Waals surface area (Å²) in [4.78, 5) is 4.53. The van der Waals surface area contributed by atoms with E-state index in [2.05, 4.69) is 20.9 Å². The van der Waals surface area contributed by atoms with Crippen LogP contribution in [-0.4, -0.2) is 36.0 Å². The second-order valence-electron chi connectivity index (χ2n) is 5.63. The molecule has 7 heteroatoms. The molecule has 1 aromatic heterocycles. The standard InChI is InChI=1S/C19H19BrN2O4/c1-22-10-21-18(11-5-6-13(23)14(7-11)24-2)19(22)12-8-15(25-3)17(20)16(9-12)26-4/h5-10,23H,1-4H3. The van der Waals surface area contributed by atoms with Crippen LogP contribution in [0.1, 0.15) is 0 Å². The Morgan fingerprint density at radius 2 is 1.50 bits per heavy atom. The van der Waals surface area contributed by atoms with Gasteiger partial charge in [-0.05, 0) is 46.3 Å². The van der Waals surface area contributed by atoms with Crippen molar-refractivity contribution in [3.8, 4) is 45.5 Å². The molecule has 0 fully saturated rings. The number of hydrogen-bond acceptors (Lipinski definition) is 5. The van der Waals surface area contributed by atoms with Crippen LogP contribution in [0.2, 0.25) is 0 Å². The molecule has 0 radical (unpaired) electrons. The highest BCUT2D eigenvalue weighted by atomic mass is 79.9. The maximum atomic E-state index is 9.85.